The third kappa shape index (κ3) is 5.30. The first-order valence-electron chi connectivity index (χ1n) is 7.46. The van der Waals surface area contributed by atoms with E-state index in [-0.39, 0.29) is 18.1 Å². The van der Waals surface area contributed by atoms with Gasteiger partial charge in [0.15, 0.2) is 0 Å². The predicted octanol–water partition coefficient (Wildman–Crippen LogP) is 2.69. The molecule has 2 rings (SSSR count). The summed E-state index contributed by atoms with van der Waals surface area (Å²) in [5.41, 5.74) is 1.91. The highest BCUT2D eigenvalue weighted by molar-refractivity contribution is 7.15. The number of hydrogen-bond acceptors (Lipinski definition) is 5. The van der Waals surface area contributed by atoms with E-state index < -0.39 is 0 Å². The molecule has 0 aliphatic carbocycles. The van der Waals surface area contributed by atoms with E-state index >= 15 is 0 Å². The molecule has 0 saturated heterocycles. The van der Waals surface area contributed by atoms with Crippen molar-refractivity contribution in [2.45, 2.75) is 39.2 Å². The maximum absolute atomic E-state index is 11.8. The van der Waals surface area contributed by atoms with Crippen LogP contribution in [0.3, 0.4) is 0 Å². The smallest absolute Gasteiger partial charge is 0.321 e. The number of rotatable bonds is 5. The van der Waals surface area contributed by atoms with Crippen LogP contribution >= 0.6 is 11.3 Å². The summed E-state index contributed by atoms with van der Waals surface area (Å²) in [6, 6.07) is 7.38. The van der Waals surface area contributed by atoms with Crippen LogP contribution in [0, 0.1) is 0 Å². The van der Waals surface area contributed by atoms with E-state index in [0.717, 1.165) is 22.6 Å². The zero-order chi connectivity index (χ0) is 16.9. The van der Waals surface area contributed by atoms with Crippen LogP contribution in [-0.2, 0) is 18.4 Å². The molecule has 0 radical (unpaired) electrons. The molecule has 2 amide bonds. The molecule has 0 saturated carbocycles. The number of carbonyl (C=O) groups excluding carboxylic acids is 1. The quantitative estimate of drug-likeness (QED) is 0.784. The minimum Gasteiger partial charge on any atom is -0.392 e. The second-order valence-electron chi connectivity index (χ2n) is 6.27. The van der Waals surface area contributed by atoms with Crippen LogP contribution in [0.2, 0.25) is 0 Å². The van der Waals surface area contributed by atoms with E-state index in [0.29, 0.717) is 11.7 Å². The van der Waals surface area contributed by atoms with Crippen molar-refractivity contribution in [3.8, 4) is 0 Å². The standard InChI is InChI=1S/C16H22N4O2S/c1-16(2,3)13-19-20-15(23-13)18-14(22)17-9-8-11-4-6-12(10-21)7-5-11/h4-7,21H,8-10H2,1-3H3,(H2,17,18,20,22). The van der Waals surface area contributed by atoms with Gasteiger partial charge in [0.05, 0.1) is 6.61 Å². The molecule has 124 valence electrons. The molecule has 0 aliphatic heterocycles. The van der Waals surface area contributed by atoms with Gasteiger partial charge in [0.2, 0.25) is 5.13 Å². The number of nitrogens with one attached hydrogen (secondary N) is 2. The lowest BCUT2D eigenvalue weighted by Gasteiger charge is -2.12. The summed E-state index contributed by atoms with van der Waals surface area (Å²) in [7, 11) is 0. The van der Waals surface area contributed by atoms with Crippen molar-refractivity contribution >= 4 is 22.5 Å². The zero-order valence-corrected chi connectivity index (χ0v) is 14.4. The first kappa shape index (κ1) is 17.4. The molecule has 0 aliphatic rings. The number of benzene rings is 1. The normalized spacial score (nSPS) is 11.3. The highest BCUT2D eigenvalue weighted by Crippen LogP contribution is 2.27. The number of anilines is 1. The van der Waals surface area contributed by atoms with Crippen LogP contribution < -0.4 is 10.6 Å². The van der Waals surface area contributed by atoms with Crippen molar-refractivity contribution in [3.63, 3.8) is 0 Å². The number of carbonyl (C=O) groups is 1. The fourth-order valence-corrected chi connectivity index (χ4v) is 2.65. The number of amides is 2. The molecule has 1 heterocycles. The number of aliphatic hydroxyl groups is 1. The van der Waals surface area contributed by atoms with Crippen molar-refractivity contribution in [2.75, 3.05) is 11.9 Å². The summed E-state index contributed by atoms with van der Waals surface area (Å²) in [5, 5.41) is 23.9. The Morgan fingerprint density at radius 1 is 1.17 bits per heavy atom. The van der Waals surface area contributed by atoms with Crippen LogP contribution in [0.4, 0.5) is 9.93 Å². The van der Waals surface area contributed by atoms with Gasteiger partial charge in [-0.05, 0) is 17.5 Å². The first-order chi connectivity index (χ1) is 10.9. The van der Waals surface area contributed by atoms with Crippen LogP contribution in [0.15, 0.2) is 24.3 Å². The van der Waals surface area contributed by atoms with Gasteiger partial charge >= 0.3 is 6.03 Å². The van der Waals surface area contributed by atoms with E-state index in [4.69, 9.17) is 5.11 Å². The summed E-state index contributed by atoms with van der Waals surface area (Å²) in [6.45, 7) is 6.73. The first-order valence-corrected chi connectivity index (χ1v) is 8.27. The maximum Gasteiger partial charge on any atom is 0.321 e. The molecule has 1 aromatic carbocycles. The fourth-order valence-electron chi connectivity index (χ4n) is 1.85. The van der Waals surface area contributed by atoms with Crippen molar-refractivity contribution in [1.29, 1.82) is 0 Å². The average Bonchev–Trinajstić information content (AvgIpc) is 2.96. The third-order valence-electron chi connectivity index (χ3n) is 3.19. The molecule has 0 unspecified atom stereocenters. The molecule has 2 aromatic rings. The van der Waals surface area contributed by atoms with Crippen molar-refractivity contribution in [2.24, 2.45) is 0 Å². The summed E-state index contributed by atoms with van der Waals surface area (Å²) < 4.78 is 0. The molecule has 0 spiro atoms. The van der Waals surface area contributed by atoms with Crippen molar-refractivity contribution < 1.29 is 9.90 Å². The molecule has 6 nitrogen and oxygen atoms in total. The van der Waals surface area contributed by atoms with Gasteiger partial charge in [-0.25, -0.2) is 4.79 Å². The SMILES string of the molecule is CC(C)(C)c1nnc(NC(=O)NCCc2ccc(CO)cc2)s1. The van der Waals surface area contributed by atoms with Crippen LogP contribution in [0.25, 0.3) is 0 Å². The minimum atomic E-state index is -0.284. The number of aromatic nitrogens is 2. The largest absolute Gasteiger partial charge is 0.392 e. The number of hydrogen-bond donors (Lipinski definition) is 3. The van der Waals surface area contributed by atoms with Gasteiger partial charge in [-0.15, -0.1) is 10.2 Å². The highest BCUT2D eigenvalue weighted by atomic mass is 32.1. The Kier molecular flexibility index (Phi) is 5.68. The number of nitrogens with zero attached hydrogens (tertiary/aromatic N) is 2. The van der Waals surface area contributed by atoms with Gasteiger partial charge in [0.1, 0.15) is 5.01 Å². The lowest BCUT2D eigenvalue weighted by molar-refractivity contribution is 0.252. The van der Waals surface area contributed by atoms with E-state index in [1.54, 1.807) is 0 Å². The predicted molar refractivity (Wildman–Crippen MR) is 91.7 cm³/mol. The average molecular weight is 334 g/mol. The summed E-state index contributed by atoms with van der Waals surface area (Å²) in [5.74, 6) is 0. The van der Waals surface area contributed by atoms with Crippen LogP contribution in [0.1, 0.15) is 36.9 Å². The van der Waals surface area contributed by atoms with Gasteiger partial charge in [-0.2, -0.15) is 0 Å². The van der Waals surface area contributed by atoms with Crippen molar-refractivity contribution in [1.82, 2.24) is 15.5 Å². The highest BCUT2D eigenvalue weighted by Gasteiger charge is 2.19. The van der Waals surface area contributed by atoms with E-state index in [2.05, 4.69) is 41.6 Å². The molecular formula is C16H22N4O2S. The lowest BCUT2D eigenvalue weighted by atomic mass is 9.98. The monoisotopic (exact) mass is 334 g/mol. The molecule has 1 aromatic heterocycles. The molecule has 0 fully saturated rings. The van der Waals surface area contributed by atoms with E-state index in [1.165, 1.54) is 11.3 Å². The number of aliphatic hydroxyl groups excluding tert-OH is 1. The van der Waals surface area contributed by atoms with E-state index in [9.17, 15) is 4.79 Å². The fraction of sp³-hybridized carbons (Fsp3) is 0.438. The summed E-state index contributed by atoms with van der Waals surface area (Å²) in [4.78, 5) is 11.8. The van der Waals surface area contributed by atoms with E-state index in [1.807, 2.05) is 24.3 Å². The van der Waals surface area contributed by atoms with Crippen LogP contribution in [0.5, 0.6) is 0 Å². The summed E-state index contributed by atoms with van der Waals surface area (Å²) in [6.07, 6.45) is 0.725. The molecular weight excluding hydrogens is 312 g/mol. The zero-order valence-electron chi connectivity index (χ0n) is 13.6. The summed E-state index contributed by atoms with van der Waals surface area (Å²) >= 11 is 1.38. The molecule has 23 heavy (non-hydrogen) atoms. The molecule has 0 atom stereocenters. The van der Waals surface area contributed by atoms with Gasteiger partial charge in [-0.1, -0.05) is 56.4 Å². The Bertz CT molecular complexity index is 647. The van der Waals surface area contributed by atoms with Gasteiger partial charge in [0.25, 0.3) is 0 Å². The molecule has 0 bridgehead atoms. The number of urea groups is 1. The Morgan fingerprint density at radius 3 is 2.39 bits per heavy atom. The van der Waals surface area contributed by atoms with Gasteiger partial charge < -0.3 is 10.4 Å². The lowest BCUT2D eigenvalue weighted by Crippen LogP contribution is -2.30. The minimum absolute atomic E-state index is 0.0410. The molecule has 3 N–H and O–H groups in total. The Balaban J connectivity index is 1.77. The second kappa shape index (κ2) is 7.52. The Morgan fingerprint density at radius 2 is 1.83 bits per heavy atom. The topological polar surface area (TPSA) is 87.1 Å². The second-order valence-corrected chi connectivity index (χ2v) is 7.25. The van der Waals surface area contributed by atoms with Gasteiger partial charge in [0, 0.05) is 12.0 Å². The van der Waals surface area contributed by atoms with Crippen molar-refractivity contribution in [3.05, 3.63) is 40.4 Å². The molecule has 7 heteroatoms. The Hall–Kier alpha value is -1.99. The van der Waals surface area contributed by atoms with Crippen LogP contribution in [-0.4, -0.2) is 27.9 Å². The Labute approximate surface area is 140 Å². The third-order valence-corrected chi connectivity index (χ3v) is 4.46. The van der Waals surface area contributed by atoms with Gasteiger partial charge in [-0.3, -0.25) is 5.32 Å². The maximum atomic E-state index is 11.8.